The van der Waals surface area contributed by atoms with Gasteiger partial charge in [0.15, 0.2) is 10.6 Å². The van der Waals surface area contributed by atoms with Crippen molar-refractivity contribution in [2.24, 2.45) is 0 Å². The lowest BCUT2D eigenvalue weighted by Crippen LogP contribution is -2.42. The van der Waals surface area contributed by atoms with E-state index in [-0.39, 0.29) is 5.91 Å². The minimum absolute atomic E-state index is 0.0296. The number of H-pyrrole nitrogens is 1. The molecule has 26 heavy (non-hydrogen) atoms. The second kappa shape index (κ2) is 9.64. The van der Waals surface area contributed by atoms with Crippen LogP contribution in [0, 0.1) is 11.7 Å². The van der Waals surface area contributed by atoms with Gasteiger partial charge in [-0.1, -0.05) is 43.7 Å². The van der Waals surface area contributed by atoms with Crippen LogP contribution in [0.25, 0.3) is 11.4 Å². The van der Waals surface area contributed by atoms with Crippen molar-refractivity contribution >= 4 is 18.1 Å². The first-order valence-corrected chi connectivity index (χ1v) is 9.60. The van der Waals surface area contributed by atoms with Crippen LogP contribution in [0.5, 0.6) is 0 Å². The van der Waals surface area contributed by atoms with E-state index in [2.05, 4.69) is 41.2 Å². The topological polar surface area (TPSA) is 66.0 Å². The molecule has 0 saturated carbocycles. The first-order chi connectivity index (χ1) is 12.5. The molecule has 0 radical (unpaired) electrons. The number of carbonyl (C=O) groups is 1. The predicted octanol–water partition coefficient (Wildman–Crippen LogP) is 3.15. The normalized spacial score (nSPS) is 12.3. The molecule has 1 aromatic heterocycles. The Morgan fingerprint density at radius 1 is 1.31 bits per heavy atom. The second-order valence-electron chi connectivity index (χ2n) is 6.49. The summed E-state index contributed by atoms with van der Waals surface area (Å²) < 4.78 is 2.41. The molecule has 0 fully saturated rings. The largest absolute Gasteiger partial charge is 0.354 e. The van der Waals surface area contributed by atoms with Crippen LogP contribution in [-0.2, 0) is 11.3 Å². The van der Waals surface area contributed by atoms with Gasteiger partial charge in [0.05, 0.1) is 0 Å². The predicted molar refractivity (Wildman–Crippen MR) is 108 cm³/mol. The van der Waals surface area contributed by atoms with Crippen LogP contribution in [0.15, 0.2) is 24.3 Å². The minimum atomic E-state index is 0.0296. The Bertz CT molecular complexity index is 761. The summed E-state index contributed by atoms with van der Waals surface area (Å²) in [6.45, 7) is 11.6. The average Bonchev–Trinajstić information content (AvgIpc) is 3.00. The van der Waals surface area contributed by atoms with Crippen molar-refractivity contribution in [2.45, 2.75) is 46.7 Å². The molecule has 2 aromatic rings. The number of hydrogen-bond donors (Lipinski definition) is 2. The summed E-state index contributed by atoms with van der Waals surface area (Å²) in [5.41, 5.74) is 2.18. The van der Waals surface area contributed by atoms with E-state index in [0.717, 1.165) is 24.5 Å². The summed E-state index contributed by atoms with van der Waals surface area (Å²) in [6.07, 6.45) is 0.373. The number of aryl methyl sites for hydroxylation is 1. The Kier molecular flexibility index (Phi) is 7.53. The molecular weight excluding hydrogens is 346 g/mol. The molecule has 6 nitrogen and oxygen atoms in total. The van der Waals surface area contributed by atoms with Gasteiger partial charge < -0.3 is 5.32 Å². The van der Waals surface area contributed by atoms with Crippen molar-refractivity contribution in [3.8, 4) is 11.4 Å². The molecule has 1 atom stereocenters. The van der Waals surface area contributed by atoms with Crippen molar-refractivity contribution in [1.29, 1.82) is 0 Å². The molecule has 0 aliphatic carbocycles. The molecule has 0 spiro atoms. The smallest absolute Gasteiger partial charge is 0.221 e. The first kappa shape index (κ1) is 20.3. The van der Waals surface area contributed by atoms with Crippen LogP contribution in [-0.4, -0.2) is 51.2 Å². The number of hydrogen-bond acceptors (Lipinski definition) is 4. The van der Waals surface area contributed by atoms with E-state index in [1.54, 1.807) is 0 Å². The summed E-state index contributed by atoms with van der Waals surface area (Å²) in [4.78, 5) is 14.6. The van der Waals surface area contributed by atoms with E-state index in [9.17, 15) is 4.79 Å². The van der Waals surface area contributed by atoms with Gasteiger partial charge >= 0.3 is 0 Å². The highest BCUT2D eigenvalue weighted by Gasteiger charge is 2.13. The molecule has 2 rings (SSSR count). The number of carbonyl (C=O) groups excluding carboxylic acids is 1. The molecular formula is C19H29N5OS. The van der Waals surface area contributed by atoms with Gasteiger partial charge in [0.25, 0.3) is 0 Å². The molecule has 0 aliphatic rings. The van der Waals surface area contributed by atoms with E-state index < -0.39 is 0 Å². The van der Waals surface area contributed by atoms with E-state index in [4.69, 9.17) is 12.2 Å². The average molecular weight is 376 g/mol. The Hall–Kier alpha value is -1.99. The standard InChI is InChI=1S/C19H29N5OS/c1-5-23(6-2)15(4)13-20-17(25)11-12-24-18(21-22-19(24)26)16-9-7-14(3)8-10-16/h7-10,15H,5-6,11-13H2,1-4H3,(H,20,25)(H,22,26). The fourth-order valence-electron chi connectivity index (χ4n) is 2.99. The Morgan fingerprint density at radius 3 is 2.58 bits per heavy atom. The molecule has 0 saturated heterocycles. The fourth-order valence-corrected chi connectivity index (χ4v) is 3.21. The lowest BCUT2D eigenvalue weighted by atomic mass is 10.1. The summed E-state index contributed by atoms with van der Waals surface area (Å²) in [5.74, 6) is 0.793. The van der Waals surface area contributed by atoms with Gasteiger partial charge in [0.1, 0.15) is 0 Å². The molecule has 142 valence electrons. The van der Waals surface area contributed by atoms with E-state index in [1.165, 1.54) is 5.56 Å². The fraction of sp³-hybridized carbons (Fsp3) is 0.526. The highest BCUT2D eigenvalue weighted by Crippen LogP contribution is 2.18. The van der Waals surface area contributed by atoms with Crippen molar-refractivity contribution in [1.82, 2.24) is 25.0 Å². The third kappa shape index (κ3) is 5.25. The number of benzene rings is 1. The van der Waals surface area contributed by atoms with E-state index >= 15 is 0 Å². The minimum Gasteiger partial charge on any atom is -0.354 e. The zero-order valence-electron chi connectivity index (χ0n) is 16.1. The maximum Gasteiger partial charge on any atom is 0.221 e. The molecule has 1 heterocycles. The second-order valence-corrected chi connectivity index (χ2v) is 6.88. The zero-order chi connectivity index (χ0) is 19.1. The third-order valence-corrected chi connectivity index (χ3v) is 4.97. The Morgan fingerprint density at radius 2 is 1.96 bits per heavy atom. The molecule has 1 amide bonds. The van der Waals surface area contributed by atoms with Crippen molar-refractivity contribution in [2.75, 3.05) is 19.6 Å². The monoisotopic (exact) mass is 375 g/mol. The third-order valence-electron chi connectivity index (χ3n) is 4.66. The molecule has 0 aliphatic heterocycles. The lowest BCUT2D eigenvalue weighted by Gasteiger charge is -2.26. The van der Waals surface area contributed by atoms with E-state index in [0.29, 0.717) is 30.3 Å². The molecule has 2 N–H and O–H groups in total. The zero-order valence-corrected chi connectivity index (χ0v) is 16.9. The molecule has 0 bridgehead atoms. The number of aromatic amines is 1. The highest BCUT2D eigenvalue weighted by molar-refractivity contribution is 7.71. The molecule has 7 heteroatoms. The quantitative estimate of drug-likeness (QED) is 0.661. The Balaban J connectivity index is 1.95. The van der Waals surface area contributed by atoms with Gasteiger partial charge in [-0.3, -0.25) is 19.4 Å². The number of likely N-dealkylation sites (N-methyl/N-ethyl adjacent to an activating group) is 1. The van der Waals surface area contributed by atoms with Crippen molar-refractivity contribution < 1.29 is 4.79 Å². The number of nitrogens with zero attached hydrogens (tertiary/aromatic N) is 3. The van der Waals surface area contributed by atoms with Crippen LogP contribution >= 0.6 is 12.2 Å². The van der Waals surface area contributed by atoms with Crippen LogP contribution in [0.1, 0.15) is 32.8 Å². The maximum atomic E-state index is 12.2. The van der Waals surface area contributed by atoms with Crippen molar-refractivity contribution in [3.05, 3.63) is 34.6 Å². The van der Waals surface area contributed by atoms with Crippen LogP contribution < -0.4 is 5.32 Å². The molecule has 1 unspecified atom stereocenters. The van der Waals surface area contributed by atoms with Crippen molar-refractivity contribution in [3.63, 3.8) is 0 Å². The highest BCUT2D eigenvalue weighted by atomic mass is 32.1. The first-order valence-electron chi connectivity index (χ1n) is 9.19. The number of aromatic nitrogens is 3. The number of nitrogens with one attached hydrogen (secondary N) is 2. The van der Waals surface area contributed by atoms with E-state index in [1.807, 2.05) is 35.8 Å². The SMILES string of the molecule is CCN(CC)C(C)CNC(=O)CCn1c(-c2ccc(C)cc2)n[nH]c1=S. The Labute approximate surface area is 160 Å². The summed E-state index contributed by atoms with van der Waals surface area (Å²) in [6, 6.07) is 8.44. The maximum absolute atomic E-state index is 12.2. The number of rotatable bonds is 9. The van der Waals surface area contributed by atoms with Gasteiger partial charge in [-0.25, -0.2) is 0 Å². The van der Waals surface area contributed by atoms with Gasteiger partial charge in [0.2, 0.25) is 5.91 Å². The molecule has 1 aromatic carbocycles. The van der Waals surface area contributed by atoms with Crippen LogP contribution in [0.4, 0.5) is 0 Å². The van der Waals surface area contributed by atoms with Gasteiger partial charge in [-0.15, -0.1) is 0 Å². The number of amides is 1. The van der Waals surface area contributed by atoms with Gasteiger partial charge in [-0.05, 0) is 39.2 Å². The van der Waals surface area contributed by atoms with Crippen LogP contribution in [0.3, 0.4) is 0 Å². The van der Waals surface area contributed by atoms with Gasteiger partial charge in [0, 0.05) is 31.1 Å². The lowest BCUT2D eigenvalue weighted by molar-refractivity contribution is -0.121. The summed E-state index contributed by atoms with van der Waals surface area (Å²) >= 11 is 5.33. The van der Waals surface area contributed by atoms with Crippen LogP contribution in [0.2, 0.25) is 0 Å². The van der Waals surface area contributed by atoms with Gasteiger partial charge in [-0.2, -0.15) is 5.10 Å². The summed E-state index contributed by atoms with van der Waals surface area (Å²) in [7, 11) is 0. The summed E-state index contributed by atoms with van der Waals surface area (Å²) in [5, 5.41) is 10.2.